The summed E-state index contributed by atoms with van der Waals surface area (Å²) < 4.78 is 5.05. The second kappa shape index (κ2) is 5.35. The second-order valence-corrected chi connectivity index (χ2v) is 4.44. The quantitative estimate of drug-likeness (QED) is 0.483. The maximum atomic E-state index is 11.6. The zero-order chi connectivity index (χ0) is 13.1. The number of anilines is 1. The highest BCUT2D eigenvalue weighted by Crippen LogP contribution is 2.29. The second-order valence-electron chi connectivity index (χ2n) is 3.63. The Balaban J connectivity index is 2.16. The molecule has 0 saturated carbocycles. The number of carbonyl (C=O) groups excluding carboxylic acids is 1. The van der Waals surface area contributed by atoms with Crippen molar-refractivity contribution in [1.82, 2.24) is 0 Å². The Bertz CT molecular complexity index is 531. The van der Waals surface area contributed by atoms with Crippen molar-refractivity contribution >= 4 is 35.0 Å². The minimum absolute atomic E-state index is 0.111. The van der Waals surface area contributed by atoms with Gasteiger partial charge in [-0.1, -0.05) is 28.3 Å². The smallest absolute Gasteiger partial charge is 0.414 e. The molecule has 1 atom stereocenters. The lowest BCUT2D eigenvalue weighted by Gasteiger charge is -2.13. The van der Waals surface area contributed by atoms with Crippen LogP contribution in [0.15, 0.2) is 23.3 Å². The van der Waals surface area contributed by atoms with Crippen molar-refractivity contribution in [2.24, 2.45) is 5.11 Å². The minimum atomic E-state index is -0.494. The predicted octanol–water partition coefficient (Wildman–Crippen LogP) is 3.63. The summed E-state index contributed by atoms with van der Waals surface area (Å²) in [5.74, 6) is 0. The fourth-order valence-corrected chi connectivity index (χ4v) is 1.90. The maximum Gasteiger partial charge on any atom is 0.414 e. The molecule has 94 valence electrons. The number of hydrogen-bond donors (Lipinski definition) is 0. The molecule has 1 aliphatic rings. The fourth-order valence-electron chi connectivity index (χ4n) is 1.61. The average Bonchev–Trinajstić information content (AvgIpc) is 2.71. The monoisotopic (exact) mass is 286 g/mol. The van der Waals surface area contributed by atoms with Gasteiger partial charge in [0.25, 0.3) is 0 Å². The van der Waals surface area contributed by atoms with E-state index in [1.54, 1.807) is 18.2 Å². The van der Waals surface area contributed by atoms with E-state index in [0.29, 0.717) is 22.3 Å². The Morgan fingerprint density at radius 1 is 1.50 bits per heavy atom. The van der Waals surface area contributed by atoms with Crippen molar-refractivity contribution in [3.63, 3.8) is 0 Å². The van der Waals surface area contributed by atoms with Crippen molar-refractivity contribution in [2.45, 2.75) is 6.10 Å². The molecule has 0 aliphatic carbocycles. The highest BCUT2D eigenvalue weighted by Gasteiger charge is 2.31. The SMILES string of the molecule is [N-]=[N+]=NC[C@H]1CN(c2ccc(Cl)c(Cl)c2)C(=O)O1. The molecule has 1 aromatic carbocycles. The molecule has 8 heteroatoms. The van der Waals surface area contributed by atoms with Crippen molar-refractivity contribution in [3.05, 3.63) is 38.7 Å². The lowest BCUT2D eigenvalue weighted by molar-refractivity contribution is 0.145. The van der Waals surface area contributed by atoms with Gasteiger partial charge in [-0.25, -0.2) is 4.79 Å². The van der Waals surface area contributed by atoms with E-state index in [1.807, 2.05) is 0 Å². The number of cyclic esters (lactones) is 1. The lowest BCUT2D eigenvalue weighted by Crippen LogP contribution is -2.25. The molecule has 1 heterocycles. The van der Waals surface area contributed by atoms with Gasteiger partial charge in [0.1, 0.15) is 6.10 Å². The van der Waals surface area contributed by atoms with Gasteiger partial charge in [0.15, 0.2) is 0 Å². The van der Waals surface area contributed by atoms with Gasteiger partial charge in [0, 0.05) is 10.6 Å². The first kappa shape index (κ1) is 12.8. The number of hydrogen-bond acceptors (Lipinski definition) is 3. The lowest BCUT2D eigenvalue weighted by atomic mass is 10.2. The van der Waals surface area contributed by atoms with Crippen LogP contribution >= 0.6 is 23.2 Å². The van der Waals surface area contributed by atoms with Gasteiger partial charge in [0.2, 0.25) is 0 Å². The van der Waals surface area contributed by atoms with E-state index in [4.69, 9.17) is 33.5 Å². The van der Waals surface area contributed by atoms with Crippen LogP contribution in [0.25, 0.3) is 10.4 Å². The fraction of sp³-hybridized carbons (Fsp3) is 0.300. The van der Waals surface area contributed by atoms with Gasteiger partial charge in [0.05, 0.1) is 23.1 Å². The molecule has 0 aromatic heterocycles. The third-order valence-electron chi connectivity index (χ3n) is 2.44. The van der Waals surface area contributed by atoms with Crippen molar-refractivity contribution < 1.29 is 9.53 Å². The number of amides is 1. The maximum absolute atomic E-state index is 11.6. The Hall–Kier alpha value is -1.62. The van der Waals surface area contributed by atoms with Crippen molar-refractivity contribution in [3.8, 4) is 0 Å². The summed E-state index contributed by atoms with van der Waals surface area (Å²) in [5.41, 5.74) is 8.81. The molecule has 1 amide bonds. The van der Waals surface area contributed by atoms with Crippen LogP contribution in [-0.4, -0.2) is 25.3 Å². The molecule has 1 aliphatic heterocycles. The van der Waals surface area contributed by atoms with Gasteiger partial charge >= 0.3 is 6.09 Å². The number of halogens is 2. The summed E-state index contributed by atoms with van der Waals surface area (Å²) in [4.78, 5) is 15.7. The third-order valence-corrected chi connectivity index (χ3v) is 3.18. The van der Waals surface area contributed by atoms with Crippen LogP contribution in [0.2, 0.25) is 10.0 Å². The van der Waals surface area contributed by atoms with Gasteiger partial charge in [-0.3, -0.25) is 4.90 Å². The molecule has 6 nitrogen and oxygen atoms in total. The Kier molecular flexibility index (Phi) is 3.81. The number of rotatable bonds is 3. The number of nitrogens with zero attached hydrogens (tertiary/aromatic N) is 4. The van der Waals surface area contributed by atoms with E-state index in [2.05, 4.69) is 10.0 Å². The molecule has 1 fully saturated rings. The predicted molar refractivity (Wildman–Crippen MR) is 68.1 cm³/mol. The first-order chi connectivity index (χ1) is 8.61. The first-order valence-electron chi connectivity index (χ1n) is 5.06. The number of azide groups is 1. The van der Waals surface area contributed by atoms with E-state index in [9.17, 15) is 4.79 Å². The highest BCUT2D eigenvalue weighted by atomic mass is 35.5. The zero-order valence-electron chi connectivity index (χ0n) is 9.08. The molecule has 1 saturated heterocycles. The molecular formula is C10H8Cl2N4O2. The van der Waals surface area contributed by atoms with Crippen molar-refractivity contribution in [1.29, 1.82) is 0 Å². The van der Waals surface area contributed by atoms with Gasteiger partial charge < -0.3 is 4.74 Å². The van der Waals surface area contributed by atoms with E-state index >= 15 is 0 Å². The molecule has 1 aromatic rings. The average molecular weight is 287 g/mol. The summed E-state index contributed by atoms with van der Waals surface area (Å²) in [6.07, 6.45) is -0.936. The number of carbonyl (C=O) groups is 1. The number of ether oxygens (including phenoxy) is 1. The van der Waals surface area contributed by atoms with Crippen LogP contribution in [0.1, 0.15) is 0 Å². The Labute approximate surface area is 113 Å². The highest BCUT2D eigenvalue weighted by molar-refractivity contribution is 6.42. The summed E-state index contributed by atoms with van der Waals surface area (Å²) in [6, 6.07) is 4.86. The molecule has 18 heavy (non-hydrogen) atoms. The largest absolute Gasteiger partial charge is 0.444 e. The summed E-state index contributed by atoms with van der Waals surface area (Å²) >= 11 is 11.7. The summed E-state index contributed by atoms with van der Waals surface area (Å²) in [7, 11) is 0. The van der Waals surface area contributed by atoms with E-state index in [0.717, 1.165) is 0 Å². The standard InChI is InChI=1S/C10H8Cl2N4O2/c11-8-2-1-6(3-9(8)12)16-5-7(4-14-15-13)18-10(16)17/h1-3,7H,4-5H2/t7-/m0/s1. The van der Waals surface area contributed by atoms with Crippen LogP contribution in [0.5, 0.6) is 0 Å². The van der Waals surface area contributed by atoms with Gasteiger partial charge in [-0.05, 0) is 23.7 Å². The van der Waals surface area contributed by atoms with Crippen LogP contribution < -0.4 is 4.90 Å². The molecule has 0 radical (unpaired) electrons. The number of benzene rings is 1. The van der Waals surface area contributed by atoms with Crippen LogP contribution in [0.3, 0.4) is 0 Å². The first-order valence-corrected chi connectivity index (χ1v) is 5.81. The third kappa shape index (κ3) is 2.61. The van der Waals surface area contributed by atoms with Gasteiger partial charge in [-0.2, -0.15) is 0 Å². The molecule has 0 N–H and O–H groups in total. The summed E-state index contributed by atoms with van der Waals surface area (Å²) in [5, 5.41) is 4.15. The Morgan fingerprint density at radius 3 is 2.94 bits per heavy atom. The zero-order valence-corrected chi connectivity index (χ0v) is 10.6. The molecular weight excluding hydrogens is 279 g/mol. The van der Waals surface area contributed by atoms with Crippen LogP contribution in [-0.2, 0) is 4.74 Å². The molecule has 0 bridgehead atoms. The van der Waals surface area contributed by atoms with E-state index < -0.39 is 12.2 Å². The topological polar surface area (TPSA) is 78.3 Å². The minimum Gasteiger partial charge on any atom is -0.444 e. The van der Waals surface area contributed by atoms with Crippen LogP contribution in [0, 0.1) is 0 Å². The van der Waals surface area contributed by atoms with E-state index in [1.165, 1.54) is 4.90 Å². The normalized spacial score (nSPS) is 18.4. The van der Waals surface area contributed by atoms with Crippen molar-refractivity contribution in [2.75, 3.05) is 18.0 Å². The van der Waals surface area contributed by atoms with Gasteiger partial charge in [-0.15, -0.1) is 0 Å². The summed E-state index contributed by atoms with van der Waals surface area (Å²) in [6.45, 7) is 0.426. The molecule has 2 rings (SSSR count). The Morgan fingerprint density at radius 2 is 2.28 bits per heavy atom. The molecule has 0 unspecified atom stereocenters. The van der Waals surface area contributed by atoms with E-state index in [-0.39, 0.29) is 6.54 Å². The van der Waals surface area contributed by atoms with Crippen LogP contribution in [0.4, 0.5) is 10.5 Å². The molecule has 0 spiro atoms.